The molecule has 14 heteroatoms. The number of unbranched alkanes of at least 4 members (excludes halogenated alkanes) is 4. The van der Waals surface area contributed by atoms with Gasteiger partial charge in [-0.05, 0) is 49.9 Å². The molecule has 0 radical (unpaired) electrons. The second kappa shape index (κ2) is 21.3. The fraction of sp³-hybridized carbons (Fsp3) is 0.486. The molecule has 1 aliphatic heterocycles. The second-order valence-electron chi connectivity index (χ2n) is 11.3. The van der Waals surface area contributed by atoms with Crippen LogP contribution in [-0.2, 0) is 0 Å². The van der Waals surface area contributed by atoms with E-state index in [1.54, 1.807) is 47.0 Å². The quantitative estimate of drug-likeness (QED) is 0.116. The third-order valence-corrected chi connectivity index (χ3v) is 11.4. The van der Waals surface area contributed by atoms with E-state index in [1.165, 1.54) is 25.7 Å². The molecule has 0 saturated carbocycles. The molecule has 4 aromatic rings. The van der Waals surface area contributed by atoms with Gasteiger partial charge in [0.05, 0.1) is 25.6 Å². The van der Waals surface area contributed by atoms with E-state index in [9.17, 15) is 0 Å². The topological polar surface area (TPSA) is 105 Å². The zero-order valence-electron chi connectivity index (χ0n) is 28.4. The predicted octanol–water partition coefficient (Wildman–Crippen LogP) is 9.02. The Morgan fingerprint density at radius 1 is 0.612 bits per heavy atom. The zero-order valence-corrected chi connectivity index (χ0v) is 31.7. The van der Waals surface area contributed by atoms with Gasteiger partial charge in [-0.1, -0.05) is 111 Å². The molecule has 0 bridgehead atoms. The molecule has 0 spiro atoms. The lowest BCUT2D eigenvalue weighted by Crippen LogP contribution is -2.07. The van der Waals surface area contributed by atoms with Crippen molar-refractivity contribution in [2.45, 2.75) is 92.3 Å². The first-order valence-corrected chi connectivity index (χ1v) is 21.2. The molecule has 10 nitrogen and oxygen atoms in total. The van der Waals surface area contributed by atoms with E-state index in [0.29, 0.717) is 19.6 Å². The maximum atomic E-state index is 6.21. The molecule has 0 saturated heterocycles. The van der Waals surface area contributed by atoms with Crippen molar-refractivity contribution in [1.29, 1.82) is 0 Å². The van der Waals surface area contributed by atoms with Crippen molar-refractivity contribution in [2.75, 3.05) is 36.2 Å². The van der Waals surface area contributed by atoms with Crippen molar-refractivity contribution in [2.24, 2.45) is 10.2 Å². The van der Waals surface area contributed by atoms with Crippen molar-refractivity contribution in [3.63, 3.8) is 0 Å². The van der Waals surface area contributed by atoms with Gasteiger partial charge in [-0.3, -0.25) is 0 Å². The summed E-state index contributed by atoms with van der Waals surface area (Å²) in [6, 6.07) is 16.0. The Morgan fingerprint density at radius 3 is 1.55 bits per heavy atom. The van der Waals surface area contributed by atoms with E-state index in [2.05, 4.69) is 34.2 Å². The summed E-state index contributed by atoms with van der Waals surface area (Å²) >= 11 is 6.81. The number of ether oxygens (including phenoxy) is 2. The van der Waals surface area contributed by atoms with Crippen molar-refractivity contribution < 1.29 is 9.47 Å². The Balaban J connectivity index is 1.35. The van der Waals surface area contributed by atoms with E-state index >= 15 is 0 Å². The number of benzene rings is 2. The molecule has 0 amide bonds. The summed E-state index contributed by atoms with van der Waals surface area (Å²) in [4.78, 5) is 0. The van der Waals surface area contributed by atoms with Gasteiger partial charge in [-0.15, -0.1) is 20.4 Å². The number of aromatic nitrogens is 6. The molecule has 3 heterocycles. The molecule has 49 heavy (non-hydrogen) atoms. The first kappa shape index (κ1) is 37.3. The van der Waals surface area contributed by atoms with Gasteiger partial charge >= 0.3 is 0 Å². The third kappa shape index (κ3) is 11.8. The number of fused-ring (bicyclic) bond motifs is 4. The molecule has 5 rings (SSSR count). The van der Waals surface area contributed by atoms with E-state index in [-0.39, 0.29) is 0 Å². The Labute approximate surface area is 307 Å². The fourth-order valence-corrected chi connectivity index (χ4v) is 8.38. The monoisotopic (exact) mass is 738 g/mol. The van der Waals surface area contributed by atoms with Crippen LogP contribution in [-0.4, -0.2) is 78.4 Å². The van der Waals surface area contributed by atoms with E-state index in [4.69, 9.17) is 19.7 Å². The van der Waals surface area contributed by atoms with Crippen LogP contribution in [0.15, 0.2) is 79.4 Å². The lowest BCUT2D eigenvalue weighted by atomic mass is 10.2. The molecular formula is C35H46N8O2S4. The van der Waals surface area contributed by atoms with Crippen LogP contribution >= 0.6 is 47.0 Å². The number of rotatable bonds is 10. The van der Waals surface area contributed by atoms with E-state index in [0.717, 1.165) is 91.9 Å². The summed E-state index contributed by atoms with van der Waals surface area (Å²) < 4.78 is 16.2. The van der Waals surface area contributed by atoms with Crippen LogP contribution in [0.2, 0.25) is 0 Å². The van der Waals surface area contributed by atoms with Gasteiger partial charge in [0, 0.05) is 40.6 Å². The van der Waals surface area contributed by atoms with Crippen molar-refractivity contribution in [3.8, 4) is 11.5 Å². The highest BCUT2D eigenvalue weighted by molar-refractivity contribution is 8.00. The largest absolute Gasteiger partial charge is 0.493 e. The summed E-state index contributed by atoms with van der Waals surface area (Å²) in [7, 11) is 0. The summed E-state index contributed by atoms with van der Waals surface area (Å²) in [5.41, 5.74) is 1.81. The predicted molar refractivity (Wildman–Crippen MR) is 206 cm³/mol. The molecular weight excluding hydrogens is 693 g/mol. The summed E-state index contributed by atoms with van der Waals surface area (Å²) in [6.45, 7) is 5.45. The Hall–Kier alpha value is -2.94. The second-order valence-corrected chi connectivity index (χ2v) is 15.5. The number of para-hydroxylation sites is 2. The highest BCUT2D eigenvalue weighted by Gasteiger charge is 2.15. The standard InChI is InChI=1S/C35H46N8O2S4/c1-3-5-11-22-46-32-38-40-34-42(32)36-26-28-16-7-9-18-30(28)44-20-15-21-45-31-19-10-8-17-29(31)27-37-43-33(47-23-12-6-4-2)39-41-35(43)49-25-14-13-24-48-34/h7-10,16-19,26-27H,3-6,11-15,20-25H2,1-2H3/b36-26+,37-27+. The molecule has 0 fully saturated rings. The molecule has 2 aromatic carbocycles. The van der Waals surface area contributed by atoms with Crippen molar-refractivity contribution >= 4 is 59.5 Å². The van der Waals surface area contributed by atoms with Gasteiger partial charge in [-0.2, -0.15) is 19.6 Å². The first-order chi connectivity index (χ1) is 24.3. The minimum Gasteiger partial charge on any atom is -0.493 e. The van der Waals surface area contributed by atoms with Gasteiger partial charge in [0.15, 0.2) is 0 Å². The normalized spacial score (nSPS) is 15.9. The van der Waals surface area contributed by atoms with Crippen LogP contribution in [0.25, 0.3) is 0 Å². The van der Waals surface area contributed by atoms with Crippen LogP contribution < -0.4 is 9.47 Å². The van der Waals surface area contributed by atoms with Gasteiger partial charge in [0.25, 0.3) is 0 Å². The number of nitrogens with zero attached hydrogens (tertiary/aromatic N) is 8. The fourth-order valence-electron chi connectivity index (χ4n) is 4.72. The number of thioether (sulfide) groups is 4. The Bertz CT molecular complexity index is 1510. The van der Waals surface area contributed by atoms with Crippen LogP contribution in [0.4, 0.5) is 0 Å². The lowest BCUT2D eigenvalue weighted by Gasteiger charge is -2.11. The molecule has 262 valence electrons. The molecule has 0 unspecified atom stereocenters. The summed E-state index contributed by atoms with van der Waals surface area (Å²) in [5, 5.41) is 31.1. The van der Waals surface area contributed by atoms with Gasteiger partial charge < -0.3 is 9.47 Å². The molecule has 1 aliphatic rings. The maximum absolute atomic E-state index is 6.21. The van der Waals surface area contributed by atoms with Crippen LogP contribution in [0.5, 0.6) is 11.5 Å². The van der Waals surface area contributed by atoms with Crippen LogP contribution in [0.3, 0.4) is 0 Å². The van der Waals surface area contributed by atoms with E-state index in [1.807, 2.05) is 70.3 Å². The third-order valence-electron chi connectivity index (χ3n) is 7.39. The average Bonchev–Trinajstić information content (AvgIpc) is 3.70. The van der Waals surface area contributed by atoms with Crippen molar-refractivity contribution in [1.82, 2.24) is 29.7 Å². The van der Waals surface area contributed by atoms with Gasteiger partial charge in [0.2, 0.25) is 20.6 Å². The minimum absolute atomic E-state index is 0.507. The van der Waals surface area contributed by atoms with Crippen molar-refractivity contribution in [3.05, 3.63) is 59.7 Å². The molecule has 0 N–H and O–H groups in total. The lowest BCUT2D eigenvalue weighted by molar-refractivity contribution is 0.247. The molecule has 0 atom stereocenters. The number of hydrogen-bond acceptors (Lipinski definition) is 12. The van der Waals surface area contributed by atoms with Crippen LogP contribution in [0, 0.1) is 0 Å². The molecule has 2 aromatic heterocycles. The van der Waals surface area contributed by atoms with Gasteiger partial charge in [0.1, 0.15) is 11.5 Å². The first-order valence-electron chi connectivity index (χ1n) is 17.2. The zero-order chi connectivity index (χ0) is 33.9. The highest BCUT2D eigenvalue weighted by Crippen LogP contribution is 2.28. The SMILES string of the molecule is CCCCCSc1nnc2n1/N=C/c1ccccc1OCCCOc1ccccc1/C=N/n1c(SCCCCC)nnc1SCCCCS2. The number of hydrogen-bond donors (Lipinski definition) is 0. The minimum atomic E-state index is 0.507. The van der Waals surface area contributed by atoms with Gasteiger partial charge in [-0.25, -0.2) is 0 Å². The highest BCUT2D eigenvalue weighted by atomic mass is 32.2. The Morgan fingerprint density at radius 2 is 1.08 bits per heavy atom. The smallest absolute Gasteiger partial charge is 0.212 e. The Kier molecular flexibility index (Phi) is 16.2. The average molecular weight is 739 g/mol. The van der Waals surface area contributed by atoms with Crippen LogP contribution in [0.1, 0.15) is 82.8 Å². The summed E-state index contributed by atoms with van der Waals surface area (Å²) in [5.74, 6) is 5.36. The maximum Gasteiger partial charge on any atom is 0.212 e. The molecule has 0 aliphatic carbocycles. The summed E-state index contributed by atoms with van der Waals surface area (Å²) in [6.07, 6.45) is 13.5. The van der Waals surface area contributed by atoms with E-state index < -0.39 is 0 Å².